The van der Waals surface area contributed by atoms with Crippen LogP contribution in [0.25, 0.3) is 0 Å². The Kier molecular flexibility index (Phi) is 4.38. The van der Waals surface area contributed by atoms with Crippen LogP contribution in [-0.2, 0) is 16.4 Å². The van der Waals surface area contributed by atoms with E-state index >= 15 is 0 Å². The minimum atomic E-state index is -3.61. The molecule has 21 heavy (non-hydrogen) atoms. The number of nitrogens with zero attached hydrogens (tertiary/aromatic N) is 2. The van der Waals surface area contributed by atoms with Crippen molar-refractivity contribution in [2.24, 2.45) is 0 Å². The normalized spacial score (nSPS) is 20.4. The van der Waals surface area contributed by atoms with Gasteiger partial charge in [0, 0.05) is 6.54 Å². The monoisotopic (exact) mass is 308 g/mol. The van der Waals surface area contributed by atoms with E-state index in [2.05, 4.69) is 0 Å². The van der Waals surface area contributed by atoms with Gasteiger partial charge in [0.25, 0.3) is 0 Å². The van der Waals surface area contributed by atoms with E-state index in [-0.39, 0.29) is 11.3 Å². The molecule has 1 heterocycles. The third-order valence-electron chi connectivity index (χ3n) is 3.83. The van der Waals surface area contributed by atoms with Crippen LogP contribution in [0.1, 0.15) is 32.3 Å². The summed E-state index contributed by atoms with van der Waals surface area (Å²) in [6.45, 7) is 3.71. The van der Waals surface area contributed by atoms with Crippen LogP contribution in [0.2, 0.25) is 0 Å². The fourth-order valence-electron chi connectivity index (χ4n) is 2.74. The molecule has 0 bridgehead atoms. The van der Waals surface area contributed by atoms with Gasteiger partial charge in [0.05, 0.1) is 29.0 Å². The van der Waals surface area contributed by atoms with Crippen LogP contribution in [0.15, 0.2) is 29.2 Å². The number of hydrogen-bond acceptors (Lipinski definition) is 4. The van der Waals surface area contributed by atoms with E-state index in [1.54, 1.807) is 26.0 Å². The zero-order chi connectivity index (χ0) is 15.7. The van der Waals surface area contributed by atoms with E-state index in [1.165, 1.54) is 16.4 Å². The number of aliphatic hydroxyl groups is 1. The molecular weight excluding hydrogens is 288 g/mol. The quantitative estimate of drug-likeness (QED) is 0.917. The standard InChI is InChI=1S/C15H20N2O3S/c1-15(2,18)14-4-3-11-17(14)21(19,20)13-7-5-12(6-8-13)9-10-16/h5-8,14,18H,3-4,9,11H2,1-2H3. The Morgan fingerprint density at radius 2 is 2.00 bits per heavy atom. The largest absolute Gasteiger partial charge is 0.389 e. The summed E-state index contributed by atoms with van der Waals surface area (Å²) in [5.41, 5.74) is -0.276. The second-order valence-electron chi connectivity index (χ2n) is 5.91. The average molecular weight is 308 g/mol. The lowest BCUT2D eigenvalue weighted by Crippen LogP contribution is -2.48. The maximum Gasteiger partial charge on any atom is 0.243 e. The summed E-state index contributed by atoms with van der Waals surface area (Å²) < 4.78 is 26.8. The average Bonchev–Trinajstić information content (AvgIpc) is 2.89. The molecule has 2 rings (SSSR count). The van der Waals surface area contributed by atoms with Crippen molar-refractivity contribution in [3.05, 3.63) is 29.8 Å². The van der Waals surface area contributed by atoms with Gasteiger partial charge < -0.3 is 5.11 Å². The van der Waals surface area contributed by atoms with Gasteiger partial charge in [-0.1, -0.05) is 12.1 Å². The Morgan fingerprint density at radius 3 is 2.52 bits per heavy atom. The molecule has 6 heteroatoms. The minimum Gasteiger partial charge on any atom is -0.389 e. The molecule has 1 saturated heterocycles. The van der Waals surface area contributed by atoms with Gasteiger partial charge in [-0.15, -0.1) is 0 Å². The molecule has 0 aliphatic carbocycles. The van der Waals surface area contributed by atoms with Crippen LogP contribution in [0.5, 0.6) is 0 Å². The summed E-state index contributed by atoms with van der Waals surface area (Å²) in [7, 11) is -3.61. The summed E-state index contributed by atoms with van der Waals surface area (Å²) in [6.07, 6.45) is 1.67. The number of sulfonamides is 1. The first kappa shape index (κ1) is 16.0. The smallest absolute Gasteiger partial charge is 0.243 e. The van der Waals surface area contributed by atoms with Crippen molar-refractivity contribution in [2.75, 3.05) is 6.54 Å². The van der Waals surface area contributed by atoms with Crippen molar-refractivity contribution in [3.63, 3.8) is 0 Å². The van der Waals surface area contributed by atoms with Gasteiger partial charge in [-0.05, 0) is 44.4 Å². The predicted octanol–water partition coefficient (Wildman–Crippen LogP) is 1.68. The van der Waals surface area contributed by atoms with Crippen molar-refractivity contribution in [3.8, 4) is 6.07 Å². The molecule has 1 unspecified atom stereocenters. The molecule has 0 spiro atoms. The highest BCUT2D eigenvalue weighted by Gasteiger charge is 2.42. The number of nitriles is 1. The Hall–Kier alpha value is -1.42. The Labute approximate surface area is 125 Å². The molecule has 0 aromatic heterocycles. The summed E-state index contributed by atoms with van der Waals surface area (Å²) >= 11 is 0. The molecule has 1 atom stereocenters. The highest BCUT2D eigenvalue weighted by atomic mass is 32.2. The lowest BCUT2D eigenvalue weighted by molar-refractivity contribution is 0.0215. The first-order valence-corrected chi connectivity index (χ1v) is 8.41. The Morgan fingerprint density at radius 1 is 1.38 bits per heavy atom. The molecule has 5 nitrogen and oxygen atoms in total. The van der Waals surface area contributed by atoms with Gasteiger partial charge in [-0.2, -0.15) is 9.57 Å². The SMILES string of the molecule is CC(C)(O)C1CCCN1S(=O)(=O)c1ccc(CC#N)cc1. The summed E-state index contributed by atoms with van der Waals surface area (Å²) in [6, 6.07) is 8.00. The molecule has 1 N–H and O–H groups in total. The molecule has 1 fully saturated rings. The number of benzene rings is 1. The van der Waals surface area contributed by atoms with Crippen LogP contribution in [-0.4, -0.2) is 36.0 Å². The molecule has 1 aliphatic rings. The van der Waals surface area contributed by atoms with E-state index in [0.29, 0.717) is 13.0 Å². The molecule has 0 saturated carbocycles. The third-order valence-corrected chi connectivity index (χ3v) is 5.75. The molecule has 0 amide bonds. The van der Waals surface area contributed by atoms with Crippen LogP contribution < -0.4 is 0 Å². The number of rotatable bonds is 4. The summed E-state index contributed by atoms with van der Waals surface area (Å²) in [5, 5.41) is 18.8. The van der Waals surface area contributed by atoms with Gasteiger partial charge in [0.15, 0.2) is 0 Å². The van der Waals surface area contributed by atoms with Crippen LogP contribution in [0.3, 0.4) is 0 Å². The van der Waals surface area contributed by atoms with E-state index < -0.39 is 21.7 Å². The molecule has 0 radical (unpaired) electrons. The van der Waals surface area contributed by atoms with E-state index in [1.807, 2.05) is 6.07 Å². The first-order chi connectivity index (χ1) is 9.76. The minimum absolute atomic E-state index is 0.209. The van der Waals surface area contributed by atoms with Gasteiger partial charge in [0.2, 0.25) is 10.0 Å². The maximum absolute atomic E-state index is 12.7. The fraction of sp³-hybridized carbons (Fsp3) is 0.533. The van der Waals surface area contributed by atoms with Crippen LogP contribution >= 0.6 is 0 Å². The second kappa shape index (κ2) is 5.76. The highest BCUT2D eigenvalue weighted by molar-refractivity contribution is 7.89. The van der Waals surface area contributed by atoms with Gasteiger partial charge in [0.1, 0.15) is 0 Å². The van der Waals surface area contributed by atoms with E-state index in [9.17, 15) is 13.5 Å². The third kappa shape index (κ3) is 3.26. The van der Waals surface area contributed by atoms with Gasteiger partial charge in [-0.25, -0.2) is 8.42 Å². The lowest BCUT2D eigenvalue weighted by Gasteiger charge is -2.33. The second-order valence-corrected chi connectivity index (χ2v) is 7.80. The van der Waals surface area contributed by atoms with E-state index in [4.69, 9.17) is 5.26 Å². The topological polar surface area (TPSA) is 81.4 Å². The molecule has 1 aromatic rings. The van der Waals surface area contributed by atoms with Crippen molar-refractivity contribution in [1.29, 1.82) is 5.26 Å². The molecular formula is C15H20N2O3S. The van der Waals surface area contributed by atoms with Crippen molar-refractivity contribution in [1.82, 2.24) is 4.31 Å². The zero-order valence-corrected chi connectivity index (χ0v) is 13.1. The fourth-order valence-corrected chi connectivity index (χ4v) is 4.56. The maximum atomic E-state index is 12.7. The van der Waals surface area contributed by atoms with Gasteiger partial charge in [-0.3, -0.25) is 0 Å². The summed E-state index contributed by atoms with van der Waals surface area (Å²) in [4.78, 5) is 0.209. The van der Waals surface area contributed by atoms with Crippen molar-refractivity contribution in [2.45, 2.75) is 49.6 Å². The highest BCUT2D eigenvalue weighted by Crippen LogP contribution is 2.32. The molecule has 114 valence electrons. The van der Waals surface area contributed by atoms with E-state index in [0.717, 1.165) is 12.0 Å². The van der Waals surface area contributed by atoms with Crippen LogP contribution in [0.4, 0.5) is 0 Å². The zero-order valence-electron chi connectivity index (χ0n) is 12.3. The molecule has 1 aromatic carbocycles. The number of hydrogen-bond donors (Lipinski definition) is 1. The lowest BCUT2D eigenvalue weighted by atomic mass is 9.98. The predicted molar refractivity (Wildman–Crippen MR) is 79.0 cm³/mol. The first-order valence-electron chi connectivity index (χ1n) is 6.97. The Balaban J connectivity index is 2.31. The van der Waals surface area contributed by atoms with Crippen LogP contribution in [0, 0.1) is 11.3 Å². The Bertz CT molecular complexity index is 639. The van der Waals surface area contributed by atoms with Crippen molar-refractivity contribution < 1.29 is 13.5 Å². The van der Waals surface area contributed by atoms with Gasteiger partial charge >= 0.3 is 0 Å². The van der Waals surface area contributed by atoms with Crippen molar-refractivity contribution >= 4 is 10.0 Å². The summed E-state index contributed by atoms with van der Waals surface area (Å²) in [5.74, 6) is 0. The molecule has 1 aliphatic heterocycles.